The molecule has 0 amide bonds. The number of hydrogen-bond donors (Lipinski definition) is 3. The first kappa shape index (κ1) is 91.7. The van der Waals surface area contributed by atoms with Gasteiger partial charge < -0.3 is 46.4 Å². The number of terminal acetylenes is 1. The molecule has 0 bridgehead atoms. The third kappa shape index (κ3) is 19.8. The molecule has 0 saturated carbocycles. The number of nitrogens with zero attached hydrogens (tertiary/aromatic N) is 14. The molecule has 3 spiro atoms. The summed E-state index contributed by atoms with van der Waals surface area (Å²) in [5.74, 6) is 18.0. The first-order valence-corrected chi connectivity index (χ1v) is 46.1. The van der Waals surface area contributed by atoms with Gasteiger partial charge in [-0.1, -0.05) is 153 Å². The average Bonchev–Trinajstić information content (AvgIpc) is 1.59. The van der Waals surface area contributed by atoms with Crippen molar-refractivity contribution in [3.63, 3.8) is 0 Å². The second kappa shape index (κ2) is 39.8. The summed E-state index contributed by atoms with van der Waals surface area (Å²) in [6.45, 7) is 19.6. The van der Waals surface area contributed by atoms with Gasteiger partial charge in [-0.2, -0.15) is 10.2 Å². The van der Waals surface area contributed by atoms with Crippen LogP contribution in [0.25, 0.3) is 22.3 Å². The molecule has 25 heteroatoms. The number of ether oxygens (including phenoxy) is 2. The molecule has 5 fully saturated rings. The summed E-state index contributed by atoms with van der Waals surface area (Å²) in [5, 5.41) is 9.63. The molecule has 5 saturated heterocycles. The molecule has 9 aliphatic rings. The van der Waals surface area contributed by atoms with Crippen LogP contribution in [0.5, 0.6) is 0 Å². The molecule has 11 heterocycles. The Morgan fingerprint density at radius 3 is 1.36 bits per heavy atom. The van der Waals surface area contributed by atoms with Gasteiger partial charge in [0.25, 0.3) is 0 Å². The summed E-state index contributed by atoms with van der Waals surface area (Å²) in [7, 11) is 0. The average molecular weight is 1890 g/mol. The summed E-state index contributed by atoms with van der Waals surface area (Å²) in [4.78, 5) is 41.1. The predicted octanol–water partition coefficient (Wildman–Crippen LogP) is 17.4. The van der Waals surface area contributed by atoms with Crippen molar-refractivity contribution in [2.75, 3.05) is 67.2 Å². The smallest absolute Gasteiger partial charge is 0.182 e. The van der Waals surface area contributed by atoms with E-state index in [4.69, 9.17) is 61.7 Å². The topological polar surface area (TPSA) is 250 Å². The maximum absolute atomic E-state index is 13.3. The number of benzene rings is 6. The number of aliphatic imine (C=N–C) groups is 1. The fraction of sp³-hybridized carbons (Fsp3) is 0.414. The normalized spacial score (nSPS) is 20.9. The molecule has 4 N–H and O–H groups in total. The Hall–Kier alpha value is -8.50. The van der Waals surface area contributed by atoms with Crippen LogP contribution in [-0.2, 0) is 90.7 Å². The van der Waals surface area contributed by atoms with E-state index in [2.05, 4.69) is 154 Å². The van der Waals surface area contributed by atoms with E-state index in [1.807, 2.05) is 160 Å². The third-order valence-electron chi connectivity index (χ3n) is 25.6. The van der Waals surface area contributed by atoms with Crippen LogP contribution in [0.1, 0.15) is 224 Å². The molecule has 4 unspecified atom stereocenters. The van der Waals surface area contributed by atoms with E-state index in [1.165, 1.54) is 33.4 Å². The first-order chi connectivity index (χ1) is 58.7. The minimum atomic E-state index is -1.16. The number of nitrogens with one attached hydrogen (secondary N) is 2. The van der Waals surface area contributed by atoms with Gasteiger partial charge in [0.05, 0.1) is 42.9 Å². The van der Waals surface area contributed by atoms with E-state index >= 15 is 0 Å². The Morgan fingerprint density at radius 1 is 0.500 bits per heavy atom. The van der Waals surface area contributed by atoms with Crippen LogP contribution in [0.15, 0.2) is 187 Å². The van der Waals surface area contributed by atoms with Crippen molar-refractivity contribution in [3.05, 3.63) is 261 Å². The van der Waals surface area contributed by atoms with Crippen LogP contribution >= 0.6 is 22.6 Å². The number of anilines is 3. The van der Waals surface area contributed by atoms with Crippen LogP contribution in [-0.4, -0.2) is 126 Å². The van der Waals surface area contributed by atoms with E-state index in [1.54, 1.807) is 0 Å². The predicted molar refractivity (Wildman–Crippen MR) is 503 cm³/mol. The monoisotopic (exact) mass is 1880 g/mol. The zero-order valence-corrected chi connectivity index (χ0v) is 78.1. The van der Waals surface area contributed by atoms with Crippen LogP contribution in [0.3, 0.4) is 0 Å². The number of fused-ring (bicyclic) bond motifs is 6. The molecule has 6 aromatic carbocycles. The van der Waals surface area contributed by atoms with Crippen LogP contribution in [0.2, 0.25) is 0 Å². The van der Waals surface area contributed by atoms with E-state index in [9.17, 15) is 9.11 Å². The molecule has 1 radical (unpaired) electrons. The van der Waals surface area contributed by atoms with Gasteiger partial charge in [0, 0.05) is 141 Å². The van der Waals surface area contributed by atoms with Crippen LogP contribution in [0, 0.1) is 63.4 Å². The summed E-state index contributed by atoms with van der Waals surface area (Å²) < 4.78 is 49.8. The number of hydrogen-bond acceptors (Lipinski definition) is 19. The first-order valence-electron chi connectivity index (χ1n) is 42.8. The van der Waals surface area contributed by atoms with Crippen molar-refractivity contribution in [3.8, 4) is 36.0 Å². The Bertz CT molecular complexity index is 5720. The SMILES string of the molecule is C.C#Cc1ccccc1.CC(C)(C)[S+]([O-])N[C@@H]1c2ccccc2CC12CCN(c1cnc3c(C#Cc4ccccc4)nn(C4CCCCO4)c3n1)CC2.CC(C)(C)[S+]([O-])N[C@@H]1c2ccccc2CC12CCN(c1cnc3c(I)nn(C4CCCCO4)c3n1)CC2.N[C@@H]1c2ccccc2CC12CCN(c1cnc3c(n1)CN=C3C#Cc1ccccc1)CC2.[CH3-].[Y]. The second-order valence-corrected chi connectivity index (χ2v) is 40.4. The number of nitrogens with two attached hydrogens (primary N) is 1. The Balaban J connectivity index is 0.000000144. The van der Waals surface area contributed by atoms with Gasteiger partial charge in [-0.15, -0.1) is 15.9 Å². The maximum Gasteiger partial charge on any atom is 0.182 e. The zero-order valence-electron chi connectivity index (χ0n) is 71.5. The van der Waals surface area contributed by atoms with Crippen molar-refractivity contribution >= 4 is 90.8 Å². The van der Waals surface area contributed by atoms with E-state index < -0.39 is 22.7 Å². The van der Waals surface area contributed by atoms with Crippen LogP contribution < -0.4 is 29.9 Å². The third-order valence-corrected chi connectivity index (χ3v) is 29.5. The van der Waals surface area contributed by atoms with Crippen molar-refractivity contribution in [1.82, 2.24) is 58.9 Å². The summed E-state index contributed by atoms with van der Waals surface area (Å²) >= 11 is -0.0478. The van der Waals surface area contributed by atoms with Gasteiger partial charge >= 0.3 is 0 Å². The molecule has 7 atom stereocenters. The summed E-state index contributed by atoms with van der Waals surface area (Å²) in [5.41, 5.74) is 24.1. The molecule has 20 rings (SSSR count). The van der Waals surface area contributed by atoms with Gasteiger partial charge in [-0.05, 0) is 247 Å². The van der Waals surface area contributed by atoms with Crippen molar-refractivity contribution in [1.29, 1.82) is 0 Å². The fourth-order valence-electron chi connectivity index (χ4n) is 18.7. The van der Waals surface area contributed by atoms with E-state index in [0.29, 0.717) is 17.8 Å². The molecule has 3 aliphatic carbocycles. The van der Waals surface area contributed by atoms with Gasteiger partial charge in [-0.25, -0.2) is 39.3 Å². The number of rotatable bonds is 9. The minimum Gasteiger partial charge on any atom is -0.598 e. The van der Waals surface area contributed by atoms with Crippen molar-refractivity contribution in [2.24, 2.45) is 27.0 Å². The Kier molecular flexibility index (Phi) is 29.4. The van der Waals surface area contributed by atoms with Gasteiger partial charge in [-0.3, -0.25) is 4.99 Å². The molecular formula is C99H113IN17O4S2Y-. The summed E-state index contributed by atoms with van der Waals surface area (Å²) in [6.07, 6.45) is 26.0. The molecule has 6 aliphatic heterocycles. The molecular weight excluding hydrogens is 1770 g/mol. The molecule has 641 valence electrons. The summed E-state index contributed by atoms with van der Waals surface area (Å²) in [6, 6.07) is 55.8. The standard InChI is InChI=1S/C35H40N6O2S.C27H35IN6O2S.C27H25N5.C8H6.CH4.CH3.Y/c1-34(2,3)44(42)39-32-27-14-8-7-13-26(27)23-35(32)18-20-40(21-19-35)29-24-36-31-28(17-16-25-11-5-4-6-12-25)38-41(33(31)37-29)30-15-9-10-22-43-30;1-26(2,3)37(35)32-23-19-9-5-4-8-18(19)16-27(23)11-13-33(14-12-27)20-17-29-22-24(28)31-34(25(22)30-20)21-10-6-7-15-36-21;28-26-21-9-5-4-8-20(21)16-27(26)12-14-32(15-13-27)24-18-30-25-22(29-17-23(25)31-24)11-10-19-6-2-1-3-7-19;1-2-8-6-4-3-5-7-8;;;/h4-8,11-14,24,30,32,39H,9-10,15,18-23H2,1-3H3;4-5,8-9,17,21,23,32H,6-7,10-16H2,1-3H3;1-9,18,26H,12-17,28H2;1,3-7H;1H4;1H3;/q;;;;;-1;/t30?,32-,44?;21?,23-,37?;26-;;;;/m111..../s1. The number of halogens is 1. The molecule has 5 aromatic heterocycles. The zero-order chi connectivity index (χ0) is 83.5. The quantitative estimate of drug-likeness (QED) is 0.0526. The second-order valence-electron chi connectivity index (χ2n) is 35.4. The Labute approximate surface area is 777 Å². The molecule has 11 aromatic rings. The molecule has 21 nitrogen and oxygen atoms in total. The van der Waals surface area contributed by atoms with E-state index in [-0.39, 0.29) is 104 Å². The van der Waals surface area contributed by atoms with E-state index in [0.717, 1.165) is 221 Å². The fourth-order valence-corrected chi connectivity index (χ4v) is 21.2. The van der Waals surface area contributed by atoms with Gasteiger partial charge in [0.2, 0.25) is 0 Å². The minimum absolute atomic E-state index is 0. The molecule has 124 heavy (non-hydrogen) atoms. The number of piperidine rings is 3. The van der Waals surface area contributed by atoms with Crippen LogP contribution in [0.4, 0.5) is 17.5 Å². The van der Waals surface area contributed by atoms with Gasteiger partial charge in [0.15, 0.2) is 33.1 Å². The van der Waals surface area contributed by atoms with Gasteiger partial charge in [0.1, 0.15) is 49.4 Å². The Morgan fingerprint density at radius 2 is 0.903 bits per heavy atom. The largest absolute Gasteiger partial charge is 0.598 e. The van der Waals surface area contributed by atoms with Crippen molar-refractivity contribution < 1.29 is 51.3 Å². The van der Waals surface area contributed by atoms with Crippen molar-refractivity contribution in [2.45, 2.75) is 192 Å². The number of aromatic nitrogens is 10. The maximum atomic E-state index is 13.3.